The quantitative estimate of drug-likeness (QED) is 0.816. The summed E-state index contributed by atoms with van der Waals surface area (Å²) in [5.74, 6) is -0.162. The predicted molar refractivity (Wildman–Crippen MR) is 82.7 cm³/mol. The number of nitrogens with one attached hydrogen (secondary N) is 3. The van der Waals surface area contributed by atoms with Crippen LogP contribution in [0.15, 0.2) is 24.4 Å². The van der Waals surface area contributed by atoms with Gasteiger partial charge in [0.05, 0.1) is 28.5 Å². The summed E-state index contributed by atoms with van der Waals surface area (Å²) < 4.78 is 0. The van der Waals surface area contributed by atoms with E-state index in [1.54, 1.807) is 12.1 Å². The van der Waals surface area contributed by atoms with E-state index in [4.69, 9.17) is 11.6 Å². The fraction of sp³-hybridized carbons (Fsp3) is 0.333. The molecule has 0 saturated carbocycles. The Bertz CT molecular complexity index is 667. The third kappa shape index (κ3) is 2.74. The fourth-order valence-corrected chi connectivity index (χ4v) is 2.90. The maximum Gasteiger partial charge on any atom is 0.253 e. The highest BCUT2D eigenvalue weighted by Gasteiger charge is 2.24. The summed E-state index contributed by atoms with van der Waals surface area (Å²) >= 11 is 6.14. The molecule has 1 atom stereocenters. The largest absolute Gasteiger partial charge is 0.388 e. The molecule has 1 aliphatic rings. The number of hydrogen-bond donors (Lipinski definition) is 3. The van der Waals surface area contributed by atoms with Crippen molar-refractivity contribution in [2.45, 2.75) is 25.3 Å². The van der Waals surface area contributed by atoms with Crippen LogP contribution in [0.5, 0.6) is 0 Å². The van der Waals surface area contributed by atoms with Gasteiger partial charge in [0.1, 0.15) is 0 Å². The fourth-order valence-electron chi connectivity index (χ4n) is 2.70. The zero-order valence-electron chi connectivity index (χ0n) is 11.7. The number of aromatic nitrogens is 2. The Morgan fingerprint density at radius 1 is 1.48 bits per heavy atom. The van der Waals surface area contributed by atoms with Crippen LogP contribution in [-0.4, -0.2) is 23.2 Å². The molecular weight excluding hydrogens is 288 g/mol. The maximum absolute atomic E-state index is 12.5. The topological polar surface area (TPSA) is 69.8 Å². The van der Waals surface area contributed by atoms with Crippen molar-refractivity contribution in [3.05, 3.63) is 46.2 Å². The minimum atomic E-state index is -0.162. The van der Waals surface area contributed by atoms with Gasteiger partial charge in [0.25, 0.3) is 5.91 Å². The summed E-state index contributed by atoms with van der Waals surface area (Å²) in [4.78, 5) is 12.5. The highest BCUT2D eigenvalue weighted by atomic mass is 35.5. The highest BCUT2D eigenvalue weighted by molar-refractivity contribution is 6.34. The third-order valence-electron chi connectivity index (χ3n) is 3.84. The molecule has 3 N–H and O–H groups in total. The van der Waals surface area contributed by atoms with Crippen LogP contribution in [0.1, 0.15) is 40.5 Å². The molecule has 1 heterocycles. The van der Waals surface area contributed by atoms with Gasteiger partial charge in [-0.15, -0.1) is 0 Å². The molecule has 0 saturated heterocycles. The Labute approximate surface area is 128 Å². The van der Waals surface area contributed by atoms with Gasteiger partial charge in [-0.1, -0.05) is 11.6 Å². The molecule has 2 aromatic rings. The molecular formula is C15H17ClN4O. The molecule has 110 valence electrons. The number of halogens is 1. The number of carbonyl (C=O) groups is 1. The number of benzene rings is 1. The van der Waals surface area contributed by atoms with E-state index in [1.165, 1.54) is 5.56 Å². The van der Waals surface area contributed by atoms with Crippen LogP contribution < -0.4 is 10.6 Å². The first kappa shape index (κ1) is 13.9. The normalized spacial score (nSPS) is 17.1. The van der Waals surface area contributed by atoms with Crippen LogP contribution in [0.4, 0.5) is 5.69 Å². The Morgan fingerprint density at radius 3 is 3.14 bits per heavy atom. The Balaban J connectivity index is 1.82. The number of carbonyl (C=O) groups excluding carboxylic acids is 1. The van der Waals surface area contributed by atoms with Crippen molar-refractivity contribution in [2.24, 2.45) is 0 Å². The minimum Gasteiger partial charge on any atom is -0.388 e. The minimum absolute atomic E-state index is 0.0296. The second kappa shape index (κ2) is 5.77. The van der Waals surface area contributed by atoms with Crippen molar-refractivity contribution in [1.29, 1.82) is 0 Å². The van der Waals surface area contributed by atoms with Gasteiger partial charge < -0.3 is 10.6 Å². The molecule has 0 aliphatic heterocycles. The van der Waals surface area contributed by atoms with Gasteiger partial charge in [-0.05, 0) is 43.0 Å². The van der Waals surface area contributed by atoms with Crippen molar-refractivity contribution in [3.63, 3.8) is 0 Å². The number of amides is 1. The molecule has 0 spiro atoms. The molecule has 1 unspecified atom stereocenters. The highest BCUT2D eigenvalue weighted by Crippen LogP contribution is 2.28. The number of rotatable bonds is 3. The van der Waals surface area contributed by atoms with E-state index in [9.17, 15) is 4.79 Å². The summed E-state index contributed by atoms with van der Waals surface area (Å²) in [6, 6.07) is 5.30. The summed E-state index contributed by atoms with van der Waals surface area (Å²) in [5, 5.41) is 13.6. The zero-order chi connectivity index (χ0) is 14.8. The van der Waals surface area contributed by atoms with E-state index in [0.29, 0.717) is 10.6 Å². The van der Waals surface area contributed by atoms with Crippen LogP contribution in [-0.2, 0) is 6.42 Å². The molecule has 0 radical (unpaired) electrons. The van der Waals surface area contributed by atoms with E-state index in [0.717, 1.165) is 30.6 Å². The van der Waals surface area contributed by atoms with Crippen molar-refractivity contribution >= 4 is 23.2 Å². The molecule has 1 amide bonds. The lowest BCUT2D eigenvalue weighted by Gasteiger charge is -2.23. The van der Waals surface area contributed by atoms with E-state index in [-0.39, 0.29) is 11.9 Å². The number of anilines is 1. The number of hydrogen-bond acceptors (Lipinski definition) is 3. The smallest absolute Gasteiger partial charge is 0.253 e. The number of H-pyrrole nitrogens is 1. The Hall–Kier alpha value is -2.01. The van der Waals surface area contributed by atoms with E-state index in [1.807, 2.05) is 19.3 Å². The average molecular weight is 305 g/mol. The second-order valence-corrected chi connectivity index (χ2v) is 5.58. The number of aryl methyl sites for hydroxylation is 1. The maximum atomic E-state index is 12.5. The van der Waals surface area contributed by atoms with Crippen LogP contribution in [0.25, 0.3) is 0 Å². The molecule has 1 aliphatic carbocycles. The van der Waals surface area contributed by atoms with Gasteiger partial charge in [-0.25, -0.2) is 0 Å². The van der Waals surface area contributed by atoms with E-state index < -0.39 is 0 Å². The molecule has 5 nitrogen and oxygen atoms in total. The molecule has 0 bridgehead atoms. The van der Waals surface area contributed by atoms with Crippen LogP contribution >= 0.6 is 11.6 Å². The van der Waals surface area contributed by atoms with Gasteiger partial charge in [-0.2, -0.15) is 5.10 Å². The summed E-state index contributed by atoms with van der Waals surface area (Å²) in [6.45, 7) is 0. The lowest BCUT2D eigenvalue weighted by molar-refractivity contribution is 0.0932. The molecule has 1 aromatic carbocycles. The van der Waals surface area contributed by atoms with Gasteiger partial charge in [0, 0.05) is 12.7 Å². The molecule has 1 aromatic heterocycles. The molecule has 6 heteroatoms. The molecule has 21 heavy (non-hydrogen) atoms. The number of fused-ring (bicyclic) bond motifs is 1. The second-order valence-electron chi connectivity index (χ2n) is 5.17. The van der Waals surface area contributed by atoms with Crippen molar-refractivity contribution in [2.75, 3.05) is 12.4 Å². The third-order valence-corrected chi connectivity index (χ3v) is 4.17. The van der Waals surface area contributed by atoms with E-state index >= 15 is 0 Å². The lowest BCUT2D eigenvalue weighted by Crippen LogP contribution is -2.31. The zero-order valence-corrected chi connectivity index (χ0v) is 12.5. The first-order valence-electron chi connectivity index (χ1n) is 6.99. The van der Waals surface area contributed by atoms with Gasteiger partial charge in [0.15, 0.2) is 0 Å². The van der Waals surface area contributed by atoms with Crippen LogP contribution in [0, 0.1) is 0 Å². The molecule has 0 fully saturated rings. The first-order chi connectivity index (χ1) is 10.2. The van der Waals surface area contributed by atoms with Crippen LogP contribution in [0.2, 0.25) is 5.02 Å². The summed E-state index contributed by atoms with van der Waals surface area (Å²) in [6.07, 6.45) is 4.79. The lowest BCUT2D eigenvalue weighted by atomic mass is 9.93. The average Bonchev–Trinajstić information content (AvgIpc) is 2.97. The monoisotopic (exact) mass is 304 g/mol. The van der Waals surface area contributed by atoms with Crippen molar-refractivity contribution < 1.29 is 4.79 Å². The Kier molecular flexibility index (Phi) is 3.84. The number of aromatic amines is 1. The number of nitrogens with zero attached hydrogens (tertiary/aromatic N) is 1. The SMILES string of the molecule is CNc1ccc(Cl)c(C(=O)NC2CCCc3cn[nH]c32)c1. The van der Waals surface area contributed by atoms with Gasteiger partial charge in [-0.3, -0.25) is 9.89 Å². The first-order valence-corrected chi connectivity index (χ1v) is 7.37. The van der Waals surface area contributed by atoms with Gasteiger partial charge in [0.2, 0.25) is 0 Å². The molecule has 3 rings (SSSR count). The summed E-state index contributed by atoms with van der Waals surface area (Å²) in [7, 11) is 1.81. The van der Waals surface area contributed by atoms with Crippen LogP contribution in [0.3, 0.4) is 0 Å². The van der Waals surface area contributed by atoms with Gasteiger partial charge >= 0.3 is 0 Å². The standard InChI is InChI=1S/C15H17ClN4O/c1-17-10-5-6-12(16)11(7-10)15(21)19-13-4-2-3-9-8-18-20-14(9)13/h5-8,13,17H,2-4H2,1H3,(H,18,20)(H,19,21). The van der Waals surface area contributed by atoms with Crippen molar-refractivity contribution in [3.8, 4) is 0 Å². The summed E-state index contributed by atoms with van der Waals surface area (Å²) in [5.41, 5.74) is 3.53. The van der Waals surface area contributed by atoms with Crippen molar-refractivity contribution in [1.82, 2.24) is 15.5 Å². The van der Waals surface area contributed by atoms with E-state index in [2.05, 4.69) is 20.8 Å². The predicted octanol–water partition coefficient (Wildman–Crippen LogP) is 2.91. The Morgan fingerprint density at radius 2 is 2.33 bits per heavy atom.